The van der Waals surface area contributed by atoms with E-state index in [2.05, 4.69) is 5.32 Å². The number of amides is 1. The highest BCUT2D eigenvalue weighted by Crippen LogP contribution is 2.37. The quantitative estimate of drug-likeness (QED) is 0.736. The van der Waals surface area contributed by atoms with Gasteiger partial charge in [-0.05, 0) is 30.7 Å². The number of carbonyl (C=O) groups excluding carboxylic acids is 1. The molecule has 1 amide bonds. The molecule has 0 spiro atoms. The number of methoxy groups -OCH3 is 3. The van der Waals surface area contributed by atoms with Gasteiger partial charge in [-0.15, -0.1) is 0 Å². The summed E-state index contributed by atoms with van der Waals surface area (Å²) in [6.07, 6.45) is 0.832. The Kier molecular flexibility index (Phi) is 6.97. The second-order valence-electron chi connectivity index (χ2n) is 5.36. The number of carbonyl (C=O) groups is 1. The van der Waals surface area contributed by atoms with Crippen LogP contribution in [0.1, 0.15) is 23.7 Å². The second kappa shape index (κ2) is 9.20. The van der Waals surface area contributed by atoms with Gasteiger partial charge in [-0.1, -0.05) is 18.5 Å². The lowest BCUT2D eigenvalue weighted by Gasteiger charge is -2.15. The summed E-state index contributed by atoms with van der Waals surface area (Å²) in [5.74, 6) is 1.59. The van der Waals surface area contributed by atoms with Crippen LogP contribution in [0.2, 0.25) is 5.02 Å². The monoisotopic (exact) mass is 379 g/mol. The van der Waals surface area contributed by atoms with E-state index in [-0.39, 0.29) is 5.91 Å². The fraction of sp³-hybridized carbons (Fsp3) is 0.316. The smallest absolute Gasteiger partial charge is 0.255 e. The van der Waals surface area contributed by atoms with Crippen molar-refractivity contribution < 1.29 is 23.7 Å². The number of ether oxygens (including phenoxy) is 4. The number of hydrogen-bond donors (Lipinski definition) is 1. The molecule has 0 aromatic heterocycles. The van der Waals surface area contributed by atoms with Crippen molar-refractivity contribution in [1.82, 2.24) is 0 Å². The Bertz CT molecular complexity index is 779. The third kappa shape index (κ3) is 4.52. The standard InChI is InChI=1S/C19H22ClNO5/c1-5-8-26-18-14(20)9-12(10-17(18)25-4)19(22)21-15-7-6-13(23-2)11-16(15)24-3/h6-7,9-11H,5,8H2,1-4H3,(H,21,22). The fourth-order valence-electron chi connectivity index (χ4n) is 2.29. The third-order valence-corrected chi connectivity index (χ3v) is 3.88. The summed E-state index contributed by atoms with van der Waals surface area (Å²) in [6.45, 7) is 2.50. The summed E-state index contributed by atoms with van der Waals surface area (Å²) in [6, 6.07) is 8.24. The highest BCUT2D eigenvalue weighted by atomic mass is 35.5. The maximum atomic E-state index is 12.6. The summed E-state index contributed by atoms with van der Waals surface area (Å²) in [5.41, 5.74) is 0.855. The molecule has 26 heavy (non-hydrogen) atoms. The van der Waals surface area contributed by atoms with Crippen LogP contribution in [0.15, 0.2) is 30.3 Å². The normalized spacial score (nSPS) is 10.2. The lowest BCUT2D eigenvalue weighted by atomic mass is 10.1. The Hall–Kier alpha value is -2.60. The van der Waals surface area contributed by atoms with E-state index in [1.807, 2.05) is 6.92 Å². The molecule has 0 heterocycles. The molecule has 2 aromatic rings. The lowest BCUT2D eigenvalue weighted by molar-refractivity contribution is 0.102. The van der Waals surface area contributed by atoms with Gasteiger partial charge in [0, 0.05) is 11.6 Å². The summed E-state index contributed by atoms with van der Waals surface area (Å²) < 4.78 is 21.4. The van der Waals surface area contributed by atoms with Crippen LogP contribution in [-0.4, -0.2) is 33.8 Å². The van der Waals surface area contributed by atoms with Crippen molar-refractivity contribution in [3.05, 3.63) is 40.9 Å². The van der Waals surface area contributed by atoms with E-state index in [9.17, 15) is 4.79 Å². The minimum absolute atomic E-state index is 0.310. The number of nitrogens with one attached hydrogen (secondary N) is 1. The second-order valence-corrected chi connectivity index (χ2v) is 5.77. The maximum Gasteiger partial charge on any atom is 0.255 e. The number of benzene rings is 2. The van der Waals surface area contributed by atoms with E-state index in [1.165, 1.54) is 14.2 Å². The van der Waals surface area contributed by atoms with Gasteiger partial charge in [-0.3, -0.25) is 4.79 Å². The average Bonchev–Trinajstić information content (AvgIpc) is 2.66. The van der Waals surface area contributed by atoms with Crippen molar-refractivity contribution in [2.24, 2.45) is 0 Å². The Balaban J connectivity index is 2.28. The summed E-state index contributed by atoms with van der Waals surface area (Å²) in [5, 5.41) is 3.11. The number of halogens is 1. The first-order valence-corrected chi connectivity index (χ1v) is 8.45. The SMILES string of the molecule is CCCOc1c(Cl)cc(C(=O)Nc2ccc(OC)cc2OC)cc1OC. The van der Waals surface area contributed by atoms with Gasteiger partial charge in [0.25, 0.3) is 5.91 Å². The zero-order valence-corrected chi connectivity index (χ0v) is 16.0. The van der Waals surface area contributed by atoms with Gasteiger partial charge < -0.3 is 24.3 Å². The molecule has 0 atom stereocenters. The van der Waals surface area contributed by atoms with Crippen LogP contribution in [0.25, 0.3) is 0 Å². The molecule has 0 fully saturated rings. The van der Waals surface area contributed by atoms with Crippen LogP contribution in [0.3, 0.4) is 0 Å². The van der Waals surface area contributed by atoms with E-state index >= 15 is 0 Å². The predicted molar refractivity (Wildman–Crippen MR) is 101 cm³/mol. The first-order valence-electron chi connectivity index (χ1n) is 8.07. The summed E-state index contributed by atoms with van der Waals surface area (Å²) in [4.78, 5) is 12.6. The molecule has 0 aliphatic carbocycles. The van der Waals surface area contributed by atoms with E-state index < -0.39 is 0 Å². The zero-order chi connectivity index (χ0) is 19.1. The Morgan fingerprint density at radius 3 is 2.38 bits per heavy atom. The minimum atomic E-state index is -0.351. The van der Waals surface area contributed by atoms with Crippen LogP contribution < -0.4 is 24.3 Å². The van der Waals surface area contributed by atoms with Crippen LogP contribution in [0.5, 0.6) is 23.0 Å². The molecule has 0 aliphatic heterocycles. The molecule has 7 heteroatoms. The van der Waals surface area contributed by atoms with Gasteiger partial charge in [-0.2, -0.15) is 0 Å². The van der Waals surface area contributed by atoms with Crippen molar-refractivity contribution in [2.75, 3.05) is 33.3 Å². The van der Waals surface area contributed by atoms with Crippen LogP contribution in [-0.2, 0) is 0 Å². The molecule has 0 unspecified atom stereocenters. The predicted octanol–water partition coefficient (Wildman–Crippen LogP) is 4.41. The van der Waals surface area contributed by atoms with Gasteiger partial charge in [0.1, 0.15) is 11.5 Å². The number of rotatable bonds is 8. The molecule has 2 aromatic carbocycles. The molecular formula is C19H22ClNO5. The van der Waals surface area contributed by atoms with E-state index in [1.54, 1.807) is 37.4 Å². The van der Waals surface area contributed by atoms with Crippen LogP contribution in [0.4, 0.5) is 5.69 Å². The average molecular weight is 380 g/mol. The number of hydrogen-bond acceptors (Lipinski definition) is 5. The van der Waals surface area contributed by atoms with Crippen LogP contribution in [0, 0.1) is 0 Å². The molecule has 140 valence electrons. The van der Waals surface area contributed by atoms with Crippen molar-refractivity contribution in [2.45, 2.75) is 13.3 Å². The summed E-state index contributed by atoms with van der Waals surface area (Å²) in [7, 11) is 4.58. The lowest BCUT2D eigenvalue weighted by Crippen LogP contribution is -2.13. The molecule has 0 aliphatic rings. The Labute approximate surface area is 158 Å². The third-order valence-electron chi connectivity index (χ3n) is 3.60. The highest BCUT2D eigenvalue weighted by Gasteiger charge is 2.17. The van der Waals surface area contributed by atoms with Gasteiger partial charge >= 0.3 is 0 Å². The zero-order valence-electron chi connectivity index (χ0n) is 15.2. The Morgan fingerprint density at radius 1 is 1.04 bits per heavy atom. The van der Waals surface area contributed by atoms with Gasteiger partial charge in [0.15, 0.2) is 11.5 Å². The van der Waals surface area contributed by atoms with Crippen molar-refractivity contribution in [3.8, 4) is 23.0 Å². The van der Waals surface area contributed by atoms with Gasteiger partial charge in [-0.25, -0.2) is 0 Å². The summed E-state index contributed by atoms with van der Waals surface area (Å²) >= 11 is 6.27. The maximum absolute atomic E-state index is 12.6. The first kappa shape index (κ1) is 19.7. The molecule has 0 saturated carbocycles. The van der Waals surface area contributed by atoms with Gasteiger partial charge in [0.05, 0.1) is 38.6 Å². The highest BCUT2D eigenvalue weighted by molar-refractivity contribution is 6.32. The van der Waals surface area contributed by atoms with Crippen molar-refractivity contribution in [3.63, 3.8) is 0 Å². The minimum Gasteiger partial charge on any atom is -0.497 e. The molecule has 6 nitrogen and oxygen atoms in total. The van der Waals surface area contributed by atoms with E-state index in [0.29, 0.717) is 45.9 Å². The van der Waals surface area contributed by atoms with Crippen molar-refractivity contribution >= 4 is 23.2 Å². The number of anilines is 1. The first-order chi connectivity index (χ1) is 12.5. The van der Waals surface area contributed by atoms with E-state index in [0.717, 1.165) is 6.42 Å². The van der Waals surface area contributed by atoms with E-state index in [4.69, 9.17) is 30.5 Å². The topological polar surface area (TPSA) is 66.0 Å². The van der Waals surface area contributed by atoms with Crippen molar-refractivity contribution in [1.29, 1.82) is 0 Å². The van der Waals surface area contributed by atoms with Crippen LogP contribution >= 0.6 is 11.6 Å². The molecule has 1 N–H and O–H groups in total. The molecular weight excluding hydrogens is 358 g/mol. The molecule has 0 bridgehead atoms. The molecule has 0 radical (unpaired) electrons. The van der Waals surface area contributed by atoms with Gasteiger partial charge in [0.2, 0.25) is 0 Å². The largest absolute Gasteiger partial charge is 0.497 e. The molecule has 2 rings (SSSR count). The Morgan fingerprint density at radius 2 is 1.77 bits per heavy atom. The molecule has 0 saturated heterocycles. The fourth-order valence-corrected chi connectivity index (χ4v) is 2.56.